The smallest absolute Gasteiger partial charge is 0.423 e. The van der Waals surface area contributed by atoms with Gasteiger partial charge >= 0.3 is 6.09 Å². The molecule has 0 atom stereocenters. The van der Waals surface area contributed by atoms with Crippen LogP contribution in [-0.4, -0.2) is 38.6 Å². The predicted octanol–water partition coefficient (Wildman–Crippen LogP) is 4.98. The number of nitrogens with zero attached hydrogens (tertiary/aromatic N) is 1. The van der Waals surface area contributed by atoms with E-state index in [1.165, 1.54) is 36.4 Å². The van der Waals surface area contributed by atoms with Gasteiger partial charge in [0.05, 0.1) is 18.0 Å². The molecule has 3 aromatic carbocycles. The van der Waals surface area contributed by atoms with Crippen LogP contribution in [-0.2, 0) is 14.8 Å². The Kier molecular flexibility index (Phi) is 7.83. The quantitative estimate of drug-likeness (QED) is 0.432. The summed E-state index contributed by atoms with van der Waals surface area (Å²) in [6, 6.07) is 16.5. The molecule has 10 heteroatoms. The van der Waals surface area contributed by atoms with Gasteiger partial charge < -0.3 is 14.2 Å². The van der Waals surface area contributed by atoms with Crippen molar-refractivity contribution in [2.75, 3.05) is 19.8 Å². The number of carbonyl (C=O) groups is 1. The molecule has 0 spiro atoms. The zero-order chi connectivity index (χ0) is 23.8. The minimum absolute atomic E-state index is 0.00244. The zero-order valence-electron chi connectivity index (χ0n) is 17.6. The van der Waals surface area contributed by atoms with Crippen molar-refractivity contribution in [1.29, 1.82) is 0 Å². The summed E-state index contributed by atoms with van der Waals surface area (Å²) < 4.78 is 68.7. The lowest BCUT2D eigenvalue weighted by Gasteiger charge is -2.21. The van der Waals surface area contributed by atoms with E-state index in [9.17, 15) is 22.0 Å². The van der Waals surface area contributed by atoms with Gasteiger partial charge in [-0.15, -0.1) is 0 Å². The fraction of sp³-hybridized carbons (Fsp3) is 0.174. The maximum Gasteiger partial charge on any atom is 0.423 e. The van der Waals surface area contributed by atoms with Gasteiger partial charge in [-0.05, 0) is 43.3 Å². The van der Waals surface area contributed by atoms with Crippen LogP contribution in [0.3, 0.4) is 0 Å². The van der Waals surface area contributed by atoms with Crippen LogP contribution in [0.1, 0.15) is 6.92 Å². The van der Waals surface area contributed by atoms with Crippen LogP contribution in [0, 0.1) is 11.6 Å². The van der Waals surface area contributed by atoms with Crippen molar-refractivity contribution >= 4 is 16.1 Å². The highest BCUT2D eigenvalue weighted by Gasteiger charge is 2.30. The maximum atomic E-state index is 13.3. The molecule has 0 N–H and O–H groups in total. The van der Waals surface area contributed by atoms with Gasteiger partial charge in [0.15, 0.2) is 0 Å². The lowest BCUT2D eigenvalue weighted by atomic mass is 10.3. The van der Waals surface area contributed by atoms with Gasteiger partial charge in [-0.3, -0.25) is 0 Å². The van der Waals surface area contributed by atoms with Gasteiger partial charge in [0, 0.05) is 18.2 Å². The summed E-state index contributed by atoms with van der Waals surface area (Å²) in [5.41, 5.74) is 0. The van der Waals surface area contributed by atoms with Gasteiger partial charge in [-0.1, -0.05) is 18.2 Å². The molecule has 7 nitrogen and oxygen atoms in total. The van der Waals surface area contributed by atoms with E-state index in [2.05, 4.69) is 0 Å². The van der Waals surface area contributed by atoms with E-state index in [1.54, 1.807) is 25.1 Å². The Morgan fingerprint density at radius 2 is 1.48 bits per heavy atom. The van der Waals surface area contributed by atoms with E-state index in [4.69, 9.17) is 14.2 Å². The first-order valence-electron chi connectivity index (χ1n) is 9.91. The molecule has 0 saturated heterocycles. The summed E-state index contributed by atoms with van der Waals surface area (Å²) in [5.74, 6) is -0.846. The third kappa shape index (κ3) is 6.42. The van der Waals surface area contributed by atoms with Crippen LogP contribution in [0.4, 0.5) is 13.6 Å². The van der Waals surface area contributed by atoms with Crippen molar-refractivity contribution in [2.24, 2.45) is 0 Å². The molecule has 0 fully saturated rings. The van der Waals surface area contributed by atoms with Crippen molar-refractivity contribution in [3.8, 4) is 17.2 Å². The van der Waals surface area contributed by atoms with Crippen LogP contribution in [0.2, 0.25) is 0 Å². The van der Waals surface area contributed by atoms with Crippen molar-refractivity contribution in [3.05, 3.63) is 84.4 Å². The summed E-state index contributed by atoms with van der Waals surface area (Å²) >= 11 is 0. The van der Waals surface area contributed by atoms with Gasteiger partial charge in [0.2, 0.25) is 0 Å². The third-order valence-electron chi connectivity index (χ3n) is 4.26. The summed E-state index contributed by atoms with van der Waals surface area (Å²) in [6.07, 6.45) is -1.00. The molecule has 0 unspecified atom stereocenters. The Labute approximate surface area is 190 Å². The normalized spacial score (nSPS) is 11.0. The molecule has 0 aliphatic heterocycles. The molecule has 33 heavy (non-hydrogen) atoms. The second kappa shape index (κ2) is 10.8. The Bertz CT molecular complexity index is 1170. The number of hydrogen-bond donors (Lipinski definition) is 0. The van der Waals surface area contributed by atoms with Crippen LogP contribution < -0.4 is 9.47 Å². The summed E-state index contributed by atoms with van der Waals surface area (Å²) in [4.78, 5) is 12.2. The van der Waals surface area contributed by atoms with Gasteiger partial charge in [0.1, 0.15) is 35.5 Å². The Hall–Kier alpha value is -3.66. The minimum Gasteiger partial charge on any atom is -0.492 e. The van der Waals surface area contributed by atoms with E-state index in [0.29, 0.717) is 15.8 Å². The largest absolute Gasteiger partial charge is 0.492 e. The second-order valence-corrected chi connectivity index (χ2v) is 8.48. The minimum atomic E-state index is -4.13. The fourth-order valence-corrected chi connectivity index (χ4v) is 4.12. The predicted molar refractivity (Wildman–Crippen MR) is 116 cm³/mol. The molecule has 3 aromatic rings. The molecule has 1 amide bonds. The lowest BCUT2D eigenvalue weighted by molar-refractivity contribution is 0.126. The third-order valence-corrected chi connectivity index (χ3v) is 6.04. The maximum absolute atomic E-state index is 13.3. The van der Waals surface area contributed by atoms with Crippen LogP contribution >= 0.6 is 0 Å². The Balaban J connectivity index is 1.64. The molecular weight excluding hydrogens is 456 g/mol. The van der Waals surface area contributed by atoms with E-state index in [1.807, 2.05) is 0 Å². The van der Waals surface area contributed by atoms with Crippen LogP contribution in [0.5, 0.6) is 17.2 Å². The number of ether oxygens (including phenoxy) is 3. The molecule has 0 aliphatic carbocycles. The van der Waals surface area contributed by atoms with Crippen molar-refractivity contribution in [3.63, 3.8) is 0 Å². The molecule has 0 saturated carbocycles. The number of sulfonamides is 1. The SMILES string of the molecule is CCOC(=O)N(CCOc1ccc(Oc2cc(F)cc(F)c2)cc1)S(=O)(=O)c1ccccc1. The van der Waals surface area contributed by atoms with E-state index >= 15 is 0 Å². The average molecular weight is 477 g/mol. The number of benzene rings is 3. The van der Waals surface area contributed by atoms with Crippen LogP contribution in [0.25, 0.3) is 0 Å². The highest BCUT2D eigenvalue weighted by atomic mass is 32.2. The van der Waals surface area contributed by atoms with Gasteiger partial charge in [0.25, 0.3) is 10.0 Å². The van der Waals surface area contributed by atoms with Crippen molar-refractivity contribution in [1.82, 2.24) is 4.31 Å². The number of rotatable bonds is 9. The first kappa shape index (κ1) is 24.0. The van der Waals surface area contributed by atoms with E-state index < -0.39 is 27.8 Å². The second-order valence-electron chi connectivity index (χ2n) is 6.62. The zero-order valence-corrected chi connectivity index (χ0v) is 18.4. The van der Waals surface area contributed by atoms with Gasteiger partial charge in [-0.2, -0.15) is 4.31 Å². The average Bonchev–Trinajstić information content (AvgIpc) is 2.77. The molecule has 0 bridgehead atoms. The highest BCUT2D eigenvalue weighted by Crippen LogP contribution is 2.25. The van der Waals surface area contributed by atoms with E-state index in [0.717, 1.165) is 18.2 Å². The molecule has 174 valence electrons. The first-order chi connectivity index (χ1) is 15.8. The number of hydrogen-bond acceptors (Lipinski definition) is 6. The molecule has 0 aliphatic rings. The van der Waals surface area contributed by atoms with Crippen molar-refractivity contribution < 1.29 is 36.2 Å². The topological polar surface area (TPSA) is 82.1 Å². The standard InChI is InChI=1S/C23H21F2NO6S/c1-2-30-23(27)26(33(28,29)22-6-4-3-5-7-22)12-13-31-19-8-10-20(11-9-19)32-21-15-17(24)14-18(25)16-21/h3-11,14-16H,2,12-13H2,1H3. The molecular formula is C23H21F2NO6S. The molecule has 0 heterocycles. The molecule has 0 aromatic heterocycles. The Morgan fingerprint density at radius 3 is 2.09 bits per heavy atom. The van der Waals surface area contributed by atoms with Gasteiger partial charge in [-0.25, -0.2) is 22.0 Å². The number of carbonyl (C=O) groups excluding carboxylic acids is 1. The number of halogens is 2. The number of amides is 1. The molecule has 0 radical (unpaired) electrons. The first-order valence-corrected chi connectivity index (χ1v) is 11.3. The monoisotopic (exact) mass is 477 g/mol. The summed E-state index contributed by atoms with van der Waals surface area (Å²) in [6.45, 7) is 1.16. The fourth-order valence-electron chi connectivity index (χ4n) is 2.80. The highest BCUT2D eigenvalue weighted by molar-refractivity contribution is 7.89. The van der Waals surface area contributed by atoms with Crippen molar-refractivity contribution in [2.45, 2.75) is 11.8 Å². The van der Waals surface area contributed by atoms with Crippen LogP contribution in [0.15, 0.2) is 77.7 Å². The van der Waals surface area contributed by atoms with E-state index in [-0.39, 0.29) is 30.4 Å². The molecule has 3 rings (SSSR count). The summed E-state index contributed by atoms with van der Waals surface area (Å²) in [5, 5.41) is 0. The Morgan fingerprint density at radius 1 is 0.879 bits per heavy atom. The lowest BCUT2D eigenvalue weighted by Crippen LogP contribution is -2.40. The summed E-state index contributed by atoms with van der Waals surface area (Å²) in [7, 11) is -4.13.